The van der Waals surface area contributed by atoms with E-state index in [-0.39, 0.29) is 43.4 Å². The number of hydrogen-bond acceptors (Lipinski definition) is 11. The summed E-state index contributed by atoms with van der Waals surface area (Å²) in [6.45, 7) is 0.478. The SMILES string of the molecule is CN(C(=O)C(S[C@@H]1O[C@H](CO)[C@H](O)[C@H](n2cc(-c3cc(F)c(F)c(F)c3)nn2)[C@H]1O)C1(O)CCOCC1)C1COC1. The van der Waals surface area contributed by atoms with Gasteiger partial charge in [-0.1, -0.05) is 5.21 Å². The highest BCUT2D eigenvalue weighted by Crippen LogP contribution is 2.42. The molecule has 4 N–H and O–H groups in total. The third kappa shape index (κ3) is 5.84. The monoisotopic (exact) mass is 604 g/mol. The van der Waals surface area contributed by atoms with Crippen LogP contribution in [0.4, 0.5) is 13.2 Å². The summed E-state index contributed by atoms with van der Waals surface area (Å²) in [6.07, 6.45) is -2.79. The average molecular weight is 605 g/mol. The molecule has 3 aliphatic heterocycles. The van der Waals surface area contributed by atoms with Crippen molar-refractivity contribution in [2.24, 2.45) is 0 Å². The summed E-state index contributed by atoms with van der Waals surface area (Å²) >= 11 is 0.861. The zero-order valence-electron chi connectivity index (χ0n) is 22.0. The van der Waals surface area contributed by atoms with Crippen LogP contribution < -0.4 is 0 Å². The molecule has 6 atom stereocenters. The lowest BCUT2D eigenvalue weighted by Crippen LogP contribution is -2.60. The lowest BCUT2D eigenvalue weighted by Gasteiger charge is -2.46. The smallest absolute Gasteiger partial charge is 0.238 e. The summed E-state index contributed by atoms with van der Waals surface area (Å²) in [5.41, 5.74) is -2.95. The van der Waals surface area contributed by atoms with Crippen LogP contribution >= 0.6 is 11.8 Å². The largest absolute Gasteiger partial charge is 0.394 e. The average Bonchev–Trinajstić information content (AvgIpc) is 3.40. The molecule has 2 aromatic rings. The van der Waals surface area contributed by atoms with E-state index in [4.69, 9.17) is 14.2 Å². The molecule has 1 unspecified atom stereocenters. The Kier molecular flexibility index (Phi) is 8.92. The van der Waals surface area contributed by atoms with Crippen LogP contribution in [0.3, 0.4) is 0 Å². The maximum Gasteiger partial charge on any atom is 0.238 e. The Balaban J connectivity index is 1.43. The minimum Gasteiger partial charge on any atom is -0.394 e. The lowest BCUT2D eigenvalue weighted by atomic mass is 9.89. The van der Waals surface area contributed by atoms with Crippen molar-refractivity contribution < 1.29 is 52.6 Å². The fraction of sp³-hybridized carbons (Fsp3) is 0.640. The number of aliphatic hydroxyl groups excluding tert-OH is 3. The number of likely N-dealkylation sites (N-methyl/N-ethyl adjacent to an activating group) is 1. The molecule has 16 heteroatoms. The molecule has 3 fully saturated rings. The van der Waals surface area contributed by atoms with Gasteiger partial charge in [0, 0.05) is 38.7 Å². The Morgan fingerprint density at radius 3 is 2.41 bits per heavy atom. The van der Waals surface area contributed by atoms with Gasteiger partial charge in [-0.15, -0.1) is 16.9 Å². The van der Waals surface area contributed by atoms with Crippen molar-refractivity contribution in [3.63, 3.8) is 0 Å². The zero-order chi connectivity index (χ0) is 29.5. The van der Waals surface area contributed by atoms with E-state index in [1.165, 1.54) is 11.1 Å². The first kappa shape index (κ1) is 30.2. The van der Waals surface area contributed by atoms with E-state index in [1.807, 2.05) is 0 Å². The van der Waals surface area contributed by atoms with E-state index in [9.17, 15) is 38.4 Å². The number of benzene rings is 1. The number of carbonyl (C=O) groups excluding carboxylic acids is 1. The molecule has 3 saturated heterocycles. The number of rotatable bonds is 8. The second-order valence-corrected chi connectivity index (χ2v) is 11.6. The van der Waals surface area contributed by atoms with Crippen LogP contribution in [-0.4, -0.2) is 127 Å². The predicted octanol–water partition coefficient (Wildman–Crippen LogP) is -0.157. The summed E-state index contributed by atoms with van der Waals surface area (Å²) in [5, 5.41) is 50.5. The maximum absolute atomic E-state index is 13.8. The third-order valence-electron chi connectivity index (χ3n) is 7.80. The molecule has 1 amide bonds. The van der Waals surface area contributed by atoms with Gasteiger partial charge in [0.15, 0.2) is 17.5 Å². The van der Waals surface area contributed by atoms with Crippen LogP contribution in [0, 0.1) is 17.5 Å². The van der Waals surface area contributed by atoms with Gasteiger partial charge in [0.2, 0.25) is 5.91 Å². The molecule has 1 aromatic heterocycles. The Hall–Kier alpha value is -2.31. The van der Waals surface area contributed by atoms with Crippen molar-refractivity contribution >= 4 is 17.7 Å². The normalized spacial score (nSPS) is 29.1. The number of thioether (sulfide) groups is 1. The summed E-state index contributed by atoms with van der Waals surface area (Å²) in [6, 6.07) is -0.00572. The number of nitrogens with zero attached hydrogens (tertiary/aromatic N) is 4. The second-order valence-electron chi connectivity index (χ2n) is 10.4. The van der Waals surface area contributed by atoms with E-state index < -0.39 is 70.6 Å². The van der Waals surface area contributed by atoms with E-state index in [1.54, 1.807) is 7.05 Å². The second kappa shape index (κ2) is 12.1. The molecule has 0 radical (unpaired) electrons. The van der Waals surface area contributed by atoms with Gasteiger partial charge in [-0.25, -0.2) is 17.9 Å². The maximum atomic E-state index is 13.8. The molecule has 0 aliphatic carbocycles. The number of hydrogen-bond donors (Lipinski definition) is 4. The number of aliphatic hydroxyl groups is 4. The Labute approximate surface area is 237 Å². The van der Waals surface area contributed by atoms with Crippen molar-refractivity contribution in [2.75, 3.05) is 40.1 Å². The van der Waals surface area contributed by atoms with Crippen LogP contribution in [0.5, 0.6) is 0 Å². The van der Waals surface area contributed by atoms with Crippen molar-refractivity contribution in [3.8, 4) is 11.3 Å². The standard InChI is InChI=1S/C25H31F3N4O8S/c1-31(13-10-39-11-13)23(36)22(25(37)2-4-38-5-3-25)41-24-21(35)19(20(34)17(9-33)40-24)32-8-16(29-30-32)12-6-14(26)18(28)15(27)7-12/h6-8,13,17,19-22,24,33-35,37H,2-5,9-11H2,1H3/t17-,19+,20+,21-,22?,24+/m1/s1. The fourth-order valence-corrected chi connectivity index (χ4v) is 6.67. The van der Waals surface area contributed by atoms with Gasteiger partial charge in [0.1, 0.15) is 40.7 Å². The van der Waals surface area contributed by atoms with Crippen molar-refractivity contribution in [1.29, 1.82) is 0 Å². The molecule has 5 rings (SSSR count). The van der Waals surface area contributed by atoms with Crippen LogP contribution in [0.25, 0.3) is 11.3 Å². The first-order valence-corrected chi connectivity index (χ1v) is 14.0. The molecule has 0 bridgehead atoms. The molecular formula is C25H31F3N4O8S. The minimum absolute atomic E-state index is 0.0765. The predicted molar refractivity (Wildman–Crippen MR) is 136 cm³/mol. The zero-order valence-corrected chi connectivity index (χ0v) is 22.8. The molecule has 41 heavy (non-hydrogen) atoms. The van der Waals surface area contributed by atoms with E-state index in [0.717, 1.165) is 28.6 Å². The highest BCUT2D eigenvalue weighted by atomic mass is 32.2. The first-order chi connectivity index (χ1) is 19.5. The van der Waals surface area contributed by atoms with E-state index in [2.05, 4.69) is 10.3 Å². The topological polar surface area (TPSA) is 160 Å². The van der Waals surface area contributed by atoms with Gasteiger partial charge in [0.25, 0.3) is 0 Å². The Morgan fingerprint density at radius 1 is 1.17 bits per heavy atom. The number of carbonyl (C=O) groups is 1. The van der Waals surface area contributed by atoms with Crippen LogP contribution in [0.15, 0.2) is 18.3 Å². The number of amides is 1. The van der Waals surface area contributed by atoms with Gasteiger partial charge in [-0.3, -0.25) is 4.79 Å². The number of halogens is 3. The van der Waals surface area contributed by atoms with E-state index >= 15 is 0 Å². The van der Waals surface area contributed by atoms with Crippen molar-refractivity contribution in [3.05, 3.63) is 35.8 Å². The van der Waals surface area contributed by atoms with Gasteiger partial charge in [-0.05, 0) is 12.1 Å². The fourth-order valence-electron chi connectivity index (χ4n) is 5.10. The van der Waals surface area contributed by atoms with Crippen LogP contribution in [0.1, 0.15) is 18.9 Å². The minimum atomic E-state index is -1.65. The number of ether oxygens (including phenoxy) is 3. The van der Waals surface area contributed by atoms with Gasteiger partial charge in [0.05, 0.1) is 37.7 Å². The summed E-state index contributed by atoms with van der Waals surface area (Å²) in [4.78, 5) is 15.2. The number of aromatic nitrogens is 3. The first-order valence-electron chi connectivity index (χ1n) is 13.0. The molecule has 226 valence electrons. The van der Waals surface area contributed by atoms with Gasteiger partial charge >= 0.3 is 0 Å². The Bertz CT molecular complexity index is 1220. The molecular weight excluding hydrogens is 573 g/mol. The lowest BCUT2D eigenvalue weighted by molar-refractivity contribution is -0.179. The van der Waals surface area contributed by atoms with Crippen LogP contribution in [-0.2, 0) is 19.0 Å². The molecule has 4 heterocycles. The van der Waals surface area contributed by atoms with Crippen molar-refractivity contribution in [1.82, 2.24) is 19.9 Å². The third-order valence-corrected chi connectivity index (χ3v) is 9.37. The molecule has 0 spiro atoms. The molecule has 1 aromatic carbocycles. The van der Waals surface area contributed by atoms with E-state index in [0.29, 0.717) is 13.2 Å². The van der Waals surface area contributed by atoms with Crippen molar-refractivity contribution in [2.45, 2.75) is 59.5 Å². The highest BCUT2D eigenvalue weighted by molar-refractivity contribution is 8.01. The van der Waals surface area contributed by atoms with Gasteiger partial charge in [-0.2, -0.15) is 0 Å². The quantitative estimate of drug-likeness (QED) is 0.297. The summed E-state index contributed by atoms with van der Waals surface area (Å²) < 4.78 is 58.5. The summed E-state index contributed by atoms with van der Waals surface area (Å²) in [7, 11) is 1.60. The summed E-state index contributed by atoms with van der Waals surface area (Å²) in [5.74, 6) is -4.92. The molecule has 12 nitrogen and oxygen atoms in total. The van der Waals surface area contributed by atoms with Gasteiger partial charge < -0.3 is 39.5 Å². The Morgan fingerprint density at radius 2 is 1.83 bits per heavy atom. The molecule has 3 aliphatic rings. The molecule has 0 saturated carbocycles. The van der Waals surface area contributed by atoms with Crippen LogP contribution in [0.2, 0.25) is 0 Å². The highest BCUT2D eigenvalue weighted by Gasteiger charge is 2.52.